The number of hydrogen-bond acceptors (Lipinski definition) is 5. The molecular weight excluding hydrogens is 479 g/mol. The van der Waals surface area contributed by atoms with Crippen molar-refractivity contribution in [2.75, 3.05) is 26.1 Å². The second-order valence-electron chi connectivity index (χ2n) is 7.60. The van der Waals surface area contributed by atoms with Crippen LogP contribution in [0.4, 0.5) is 5.69 Å². The zero-order valence-electron chi connectivity index (χ0n) is 18.6. The smallest absolute Gasteiger partial charge is 0.261 e. The lowest BCUT2D eigenvalue weighted by Crippen LogP contribution is -2.32. The summed E-state index contributed by atoms with van der Waals surface area (Å²) >= 11 is 12.0. The van der Waals surface area contributed by atoms with Crippen LogP contribution in [0.25, 0.3) is 0 Å². The van der Waals surface area contributed by atoms with Crippen molar-refractivity contribution >= 4 is 40.7 Å². The van der Waals surface area contributed by atoms with Crippen LogP contribution < -0.4 is 19.5 Å². The van der Waals surface area contributed by atoms with Gasteiger partial charge in [0.05, 0.1) is 24.3 Å². The Kier molecular flexibility index (Phi) is 7.14. The van der Waals surface area contributed by atoms with Gasteiger partial charge in [-0.3, -0.25) is 9.59 Å². The number of carbonyl (C=O) groups is 2. The van der Waals surface area contributed by atoms with Crippen molar-refractivity contribution in [3.05, 3.63) is 81.3 Å². The van der Waals surface area contributed by atoms with Crippen LogP contribution in [0.15, 0.2) is 54.6 Å². The van der Waals surface area contributed by atoms with E-state index in [2.05, 4.69) is 5.32 Å². The predicted octanol–water partition coefficient (Wildman–Crippen LogP) is 5.18. The Morgan fingerprint density at radius 2 is 1.88 bits per heavy atom. The molecule has 0 fully saturated rings. The van der Waals surface area contributed by atoms with E-state index in [1.807, 2.05) is 12.1 Å². The van der Waals surface area contributed by atoms with Crippen LogP contribution in [0.1, 0.15) is 21.5 Å². The highest BCUT2D eigenvalue weighted by atomic mass is 35.5. The van der Waals surface area contributed by atoms with Gasteiger partial charge in [-0.05, 0) is 42.5 Å². The van der Waals surface area contributed by atoms with Crippen LogP contribution in [-0.2, 0) is 17.9 Å². The largest absolute Gasteiger partial charge is 0.493 e. The monoisotopic (exact) mass is 500 g/mol. The zero-order chi connectivity index (χ0) is 24.2. The second kappa shape index (κ2) is 10.2. The number of nitrogens with one attached hydrogen (secondary N) is 1. The van der Waals surface area contributed by atoms with Gasteiger partial charge in [0.1, 0.15) is 5.75 Å². The number of nitrogens with zero attached hydrogens (tertiary/aromatic N) is 1. The summed E-state index contributed by atoms with van der Waals surface area (Å²) in [5.74, 6) is 1.25. The Morgan fingerprint density at radius 3 is 2.62 bits per heavy atom. The van der Waals surface area contributed by atoms with Gasteiger partial charge in [0, 0.05) is 35.5 Å². The molecule has 1 heterocycles. The van der Waals surface area contributed by atoms with E-state index in [9.17, 15) is 9.59 Å². The number of rotatable bonds is 6. The van der Waals surface area contributed by atoms with Crippen molar-refractivity contribution in [1.82, 2.24) is 4.90 Å². The minimum Gasteiger partial charge on any atom is -0.493 e. The van der Waals surface area contributed by atoms with E-state index in [1.54, 1.807) is 55.5 Å². The molecule has 0 aromatic heterocycles. The first kappa shape index (κ1) is 23.7. The molecule has 0 atom stereocenters. The summed E-state index contributed by atoms with van der Waals surface area (Å²) in [4.78, 5) is 27.1. The molecule has 0 aliphatic carbocycles. The van der Waals surface area contributed by atoms with Crippen LogP contribution in [0.3, 0.4) is 0 Å². The molecule has 0 spiro atoms. The fourth-order valence-electron chi connectivity index (χ4n) is 3.71. The lowest BCUT2D eigenvalue weighted by Gasteiger charge is -2.22. The molecule has 3 aromatic rings. The van der Waals surface area contributed by atoms with Gasteiger partial charge in [-0.2, -0.15) is 0 Å². The van der Waals surface area contributed by atoms with Crippen LogP contribution >= 0.6 is 23.2 Å². The Labute approximate surface area is 207 Å². The van der Waals surface area contributed by atoms with E-state index in [4.69, 9.17) is 37.4 Å². The summed E-state index contributed by atoms with van der Waals surface area (Å²) in [6.07, 6.45) is 0. The molecule has 2 amide bonds. The quantitative estimate of drug-likeness (QED) is 0.504. The SMILES string of the molecule is COc1cccc(CN2Cc3cc(NC(=O)c4ccc(Cl)c(Cl)c4)ccc3OCC2=O)c1OC. The van der Waals surface area contributed by atoms with Crippen molar-refractivity contribution in [3.63, 3.8) is 0 Å². The maximum atomic E-state index is 12.8. The summed E-state index contributed by atoms with van der Waals surface area (Å²) in [5.41, 5.74) is 2.51. The van der Waals surface area contributed by atoms with E-state index in [0.717, 1.165) is 11.1 Å². The van der Waals surface area contributed by atoms with Gasteiger partial charge in [0.25, 0.3) is 11.8 Å². The predicted molar refractivity (Wildman–Crippen MR) is 130 cm³/mol. The topological polar surface area (TPSA) is 77.1 Å². The van der Waals surface area contributed by atoms with Gasteiger partial charge in [-0.1, -0.05) is 35.3 Å². The number of halogens is 2. The Balaban J connectivity index is 1.56. The molecule has 176 valence electrons. The third-order valence-electron chi connectivity index (χ3n) is 5.41. The molecule has 0 saturated carbocycles. The number of methoxy groups -OCH3 is 2. The maximum Gasteiger partial charge on any atom is 0.261 e. The molecule has 0 bridgehead atoms. The third kappa shape index (κ3) is 5.05. The standard InChI is InChI=1S/C25H22Cl2N2O5/c1-32-22-5-3-4-16(24(22)33-2)12-29-13-17-10-18(7-9-21(17)34-14-23(29)30)28-25(31)15-6-8-19(26)20(27)11-15/h3-11H,12-14H2,1-2H3,(H,28,31). The van der Waals surface area contributed by atoms with Gasteiger partial charge in [-0.15, -0.1) is 0 Å². The van der Waals surface area contributed by atoms with Gasteiger partial charge in [0.2, 0.25) is 0 Å². The van der Waals surface area contributed by atoms with E-state index >= 15 is 0 Å². The molecule has 0 saturated heterocycles. The maximum absolute atomic E-state index is 12.8. The molecule has 1 aliphatic rings. The minimum atomic E-state index is -0.331. The highest BCUT2D eigenvalue weighted by Crippen LogP contribution is 2.33. The second-order valence-corrected chi connectivity index (χ2v) is 8.41. The number of amides is 2. The zero-order valence-corrected chi connectivity index (χ0v) is 20.1. The summed E-state index contributed by atoms with van der Waals surface area (Å²) in [7, 11) is 3.13. The first-order valence-corrected chi connectivity index (χ1v) is 11.1. The van der Waals surface area contributed by atoms with E-state index in [1.165, 1.54) is 6.07 Å². The molecule has 34 heavy (non-hydrogen) atoms. The van der Waals surface area contributed by atoms with Gasteiger partial charge in [-0.25, -0.2) is 0 Å². The molecule has 3 aromatic carbocycles. The molecular formula is C25H22Cl2N2O5. The van der Waals surface area contributed by atoms with Crippen molar-refractivity contribution < 1.29 is 23.8 Å². The first-order valence-electron chi connectivity index (χ1n) is 10.4. The summed E-state index contributed by atoms with van der Waals surface area (Å²) in [5, 5.41) is 3.52. The number of ether oxygens (including phenoxy) is 3. The average Bonchev–Trinajstić information content (AvgIpc) is 2.98. The van der Waals surface area contributed by atoms with E-state index < -0.39 is 0 Å². The number of para-hydroxylation sites is 1. The highest BCUT2D eigenvalue weighted by molar-refractivity contribution is 6.42. The fraction of sp³-hybridized carbons (Fsp3) is 0.200. The molecule has 0 unspecified atom stereocenters. The number of benzene rings is 3. The summed E-state index contributed by atoms with van der Waals surface area (Å²) < 4.78 is 16.6. The lowest BCUT2D eigenvalue weighted by atomic mass is 10.1. The lowest BCUT2D eigenvalue weighted by molar-refractivity contribution is -0.133. The van der Waals surface area contributed by atoms with E-state index in [0.29, 0.717) is 51.6 Å². The van der Waals surface area contributed by atoms with Gasteiger partial charge in [0.15, 0.2) is 18.1 Å². The number of fused-ring (bicyclic) bond motifs is 1. The molecule has 9 heteroatoms. The molecule has 1 N–H and O–H groups in total. The fourth-order valence-corrected chi connectivity index (χ4v) is 4.01. The third-order valence-corrected chi connectivity index (χ3v) is 6.15. The number of hydrogen-bond donors (Lipinski definition) is 1. The van der Waals surface area contributed by atoms with Gasteiger partial charge < -0.3 is 24.4 Å². The van der Waals surface area contributed by atoms with Crippen molar-refractivity contribution in [2.45, 2.75) is 13.1 Å². The Bertz CT molecular complexity index is 1250. The Morgan fingerprint density at radius 1 is 1.06 bits per heavy atom. The van der Waals surface area contributed by atoms with Crippen LogP contribution in [0.5, 0.6) is 17.2 Å². The van der Waals surface area contributed by atoms with Crippen LogP contribution in [0.2, 0.25) is 10.0 Å². The van der Waals surface area contributed by atoms with E-state index in [-0.39, 0.29) is 18.4 Å². The molecule has 7 nitrogen and oxygen atoms in total. The normalized spacial score (nSPS) is 12.9. The number of carbonyl (C=O) groups excluding carboxylic acids is 2. The van der Waals surface area contributed by atoms with Gasteiger partial charge >= 0.3 is 0 Å². The first-order chi connectivity index (χ1) is 16.4. The van der Waals surface area contributed by atoms with Crippen LogP contribution in [-0.4, -0.2) is 37.5 Å². The van der Waals surface area contributed by atoms with Crippen molar-refractivity contribution in [1.29, 1.82) is 0 Å². The Hall–Kier alpha value is -3.42. The molecule has 1 aliphatic heterocycles. The van der Waals surface area contributed by atoms with Crippen molar-refractivity contribution in [3.8, 4) is 17.2 Å². The number of anilines is 1. The van der Waals surface area contributed by atoms with Crippen LogP contribution in [0, 0.1) is 0 Å². The molecule has 4 rings (SSSR count). The summed E-state index contributed by atoms with van der Waals surface area (Å²) in [6, 6.07) is 15.5. The molecule has 0 radical (unpaired) electrons. The van der Waals surface area contributed by atoms with Crippen molar-refractivity contribution in [2.24, 2.45) is 0 Å². The summed E-state index contributed by atoms with van der Waals surface area (Å²) in [6.45, 7) is 0.515. The minimum absolute atomic E-state index is 0.0890. The average molecular weight is 501 g/mol. The highest BCUT2D eigenvalue weighted by Gasteiger charge is 2.24.